The first-order valence-electron chi connectivity index (χ1n) is 6.91. The zero-order chi connectivity index (χ0) is 13.1. The Morgan fingerprint density at radius 2 is 1.78 bits per heavy atom. The third-order valence-electron chi connectivity index (χ3n) is 4.26. The summed E-state index contributed by atoms with van der Waals surface area (Å²) in [6, 6.07) is 0.760. The highest BCUT2D eigenvalue weighted by Gasteiger charge is 2.29. The van der Waals surface area contributed by atoms with Crippen LogP contribution in [0, 0.1) is 5.92 Å². The van der Waals surface area contributed by atoms with Crippen molar-refractivity contribution in [2.75, 3.05) is 26.2 Å². The van der Waals surface area contributed by atoms with Crippen LogP contribution in [0.5, 0.6) is 0 Å². The van der Waals surface area contributed by atoms with Crippen molar-refractivity contribution in [3.05, 3.63) is 0 Å². The number of rotatable bonds is 3. The van der Waals surface area contributed by atoms with Crippen LogP contribution >= 0.6 is 12.2 Å². The van der Waals surface area contributed by atoms with Crippen LogP contribution in [-0.4, -0.2) is 52.9 Å². The molecule has 1 unspecified atom stereocenters. The fraction of sp³-hybridized carbons (Fsp3) is 0.846. The lowest BCUT2D eigenvalue weighted by Gasteiger charge is -2.38. The number of thiocarbonyl (C=S) groups is 1. The highest BCUT2D eigenvalue weighted by molar-refractivity contribution is 7.80. The smallest absolute Gasteiger partial charge is 0.232 e. The minimum Gasteiger partial charge on any atom is -0.393 e. The maximum atomic E-state index is 12.1. The number of carbonyl (C=O) groups is 1. The van der Waals surface area contributed by atoms with Crippen molar-refractivity contribution in [1.82, 2.24) is 9.80 Å². The van der Waals surface area contributed by atoms with E-state index in [0.29, 0.717) is 4.99 Å². The molecule has 2 rings (SSSR count). The molecule has 18 heavy (non-hydrogen) atoms. The van der Waals surface area contributed by atoms with Crippen molar-refractivity contribution in [3.63, 3.8) is 0 Å². The molecule has 1 heterocycles. The monoisotopic (exact) mass is 269 g/mol. The van der Waals surface area contributed by atoms with Crippen molar-refractivity contribution >= 4 is 23.1 Å². The van der Waals surface area contributed by atoms with E-state index in [2.05, 4.69) is 4.90 Å². The molecule has 0 aromatic heterocycles. The molecular formula is C13H23N3OS. The Labute approximate surface area is 114 Å². The van der Waals surface area contributed by atoms with Gasteiger partial charge in [0.2, 0.25) is 5.91 Å². The van der Waals surface area contributed by atoms with E-state index in [1.807, 2.05) is 4.90 Å². The van der Waals surface area contributed by atoms with E-state index in [1.54, 1.807) is 6.92 Å². The normalized spacial score (nSPS) is 24.2. The van der Waals surface area contributed by atoms with Gasteiger partial charge in [0.25, 0.3) is 0 Å². The Balaban J connectivity index is 1.82. The van der Waals surface area contributed by atoms with Gasteiger partial charge in [-0.2, -0.15) is 0 Å². The summed E-state index contributed by atoms with van der Waals surface area (Å²) in [5, 5.41) is 0. The molecule has 0 radical (unpaired) electrons. The first-order valence-corrected chi connectivity index (χ1v) is 7.32. The van der Waals surface area contributed by atoms with Crippen molar-refractivity contribution in [3.8, 4) is 0 Å². The molecule has 1 saturated heterocycles. The van der Waals surface area contributed by atoms with E-state index in [0.717, 1.165) is 32.2 Å². The molecule has 0 spiro atoms. The molecule has 0 aromatic carbocycles. The molecule has 2 aliphatic rings. The topological polar surface area (TPSA) is 49.6 Å². The summed E-state index contributed by atoms with van der Waals surface area (Å²) in [4.78, 5) is 16.9. The van der Waals surface area contributed by atoms with Gasteiger partial charge in [-0.05, 0) is 19.8 Å². The van der Waals surface area contributed by atoms with Gasteiger partial charge in [0.05, 0.1) is 10.9 Å². The molecule has 1 atom stereocenters. The summed E-state index contributed by atoms with van der Waals surface area (Å²) in [5.74, 6) is -0.230. The predicted molar refractivity (Wildman–Crippen MR) is 76.4 cm³/mol. The molecule has 0 bridgehead atoms. The molecule has 2 N–H and O–H groups in total. The molecular weight excluding hydrogens is 246 g/mol. The highest BCUT2D eigenvalue weighted by atomic mass is 32.1. The van der Waals surface area contributed by atoms with Crippen LogP contribution in [0.3, 0.4) is 0 Å². The largest absolute Gasteiger partial charge is 0.393 e. The minimum atomic E-state index is -0.321. The van der Waals surface area contributed by atoms with Crippen LogP contribution in [0.25, 0.3) is 0 Å². The van der Waals surface area contributed by atoms with Gasteiger partial charge in [-0.15, -0.1) is 0 Å². The van der Waals surface area contributed by atoms with Crippen LogP contribution in [0.1, 0.15) is 32.6 Å². The Kier molecular flexibility index (Phi) is 4.56. The molecule has 1 aliphatic heterocycles. The fourth-order valence-electron chi connectivity index (χ4n) is 2.97. The lowest BCUT2D eigenvalue weighted by Crippen LogP contribution is -2.53. The van der Waals surface area contributed by atoms with Crippen LogP contribution in [-0.2, 0) is 4.79 Å². The Hall–Kier alpha value is -0.680. The number of nitrogens with two attached hydrogens (primary N) is 1. The molecule has 2 fully saturated rings. The average Bonchev–Trinajstić information content (AvgIpc) is 2.91. The summed E-state index contributed by atoms with van der Waals surface area (Å²) in [6.45, 7) is 5.44. The zero-order valence-electron chi connectivity index (χ0n) is 11.1. The van der Waals surface area contributed by atoms with Crippen molar-refractivity contribution in [1.29, 1.82) is 0 Å². The summed E-state index contributed by atoms with van der Waals surface area (Å²) in [7, 11) is 0. The lowest BCUT2D eigenvalue weighted by atomic mass is 10.1. The second-order valence-corrected chi connectivity index (χ2v) is 5.89. The van der Waals surface area contributed by atoms with E-state index in [-0.39, 0.29) is 11.8 Å². The first-order chi connectivity index (χ1) is 8.59. The average molecular weight is 269 g/mol. The number of amides is 1. The number of piperazine rings is 1. The van der Waals surface area contributed by atoms with E-state index >= 15 is 0 Å². The molecule has 4 nitrogen and oxygen atoms in total. The fourth-order valence-corrected chi connectivity index (χ4v) is 3.07. The third-order valence-corrected chi connectivity index (χ3v) is 4.62. The Morgan fingerprint density at radius 1 is 1.22 bits per heavy atom. The van der Waals surface area contributed by atoms with Crippen molar-refractivity contribution in [2.45, 2.75) is 38.6 Å². The molecule has 1 saturated carbocycles. The van der Waals surface area contributed by atoms with Crippen LogP contribution in [0.2, 0.25) is 0 Å². The van der Waals surface area contributed by atoms with Gasteiger partial charge in [0.1, 0.15) is 0 Å². The second-order valence-electron chi connectivity index (χ2n) is 5.42. The third kappa shape index (κ3) is 3.01. The molecule has 0 aromatic rings. The van der Waals surface area contributed by atoms with Gasteiger partial charge >= 0.3 is 0 Å². The standard InChI is InChI=1S/C13H23N3OS/c1-10(12(14)18)13(17)16-8-6-15(7-9-16)11-4-2-3-5-11/h10-11H,2-9H2,1H3,(H2,14,18). The highest BCUT2D eigenvalue weighted by Crippen LogP contribution is 2.24. The molecule has 1 amide bonds. The molecule has 1 aliphatic carbocycles. The van der Waals surface area contributed by atoms with Crippen LogP contribution in [0.15, 0.2) is 0 Å². The van der Waals surface area contributed by atoms with E-state index in [1.165, 1.54) is 25.7 Å². The zero-order valence-corrected chi connectivity index (χ0v) is 11.9. The van der Waals surface area contributed by atoms with Crippen LogP contribution in [0.4, 0.5) is 0 Å². The van der Waals surface area contributed by atoms with Gasteiger partial charge in [0.15, 0.2) is 0 Å². The van der Waals surface area contributed by atoms with Gasteiger partial charge in [0, 0.05) is 32.2 Å². The first kappa shape index (κ1) is 13.7. The summed E-state index contributed by atoms with van der Waals surface area (Å²) >= 11 is 4.89. The lowest BCUT2D eigenvalue weighted by molar-refractivity contribution is -0.135. The van der Waals surface area contributed by atoms with Gasteiger partial charge in [-0.25, -0.2) is 0 Å². The quantitative estimate of drug-likeness (QED) is 0.777. The Morgan fingerprint density at radius 3 is 2.28 bits per heavy atom. The van der Waals surface area contributed by atoms with E-state index in [4.69, 9.17) is 18.0 Å². The molecule has 102 valence electrons. The predicted octanol–water partition coefficient (Wildman–Crippen LogP) is 0.995. The number of carbonyl (C=O) groups excluding carboxylic acids is 1. The number of hydrogen-bond donors (Lipinski definition) is 1. The van der Waals surface area contributed by atoms with Crippen LogP contribution < -0.4 is 5.73 Å². The second kappa shape index (κ2) is 5.97. The summed E-state index contributed by atoms with van der Waals surface area (Å²) in [6.07, 6.45) is 5.39. The van der Waals surface area contributed by atoms with Crippen molar-refractivity contribution < 1.29 is 4.79 Å². The number of nitrogens with zero attached hydrogens (tertiary/aromatic N) is 2. The molecule has 5 heteroatoms. The van der Waals surface area contributed by atoms with E-state index < -0.39 is 0 Å². The van der Waals surface area contributed by atoms with Gasteiger partial charge in [-0.3, -0.25) is 9.69 Å². The summed E-state index contributed by atoms with van der Waals surface area (Å²) in [5.41, 5.74) is 5.54. The van der Waals surface area contributed by atoms with Crippen molar-refractivity contribution in [2.24, 2.45) is 11.7 Å². The minimum absolute atomic E-state index is 0.0913. The Bertz CT molecular complexity index is 320. The number of hydrogen-bond acceptors (Lipinski definition) is 3. The SMILES string of the molecule is CC(C(=O)N1CCN(C2CCCC2)CC1)C(N)=S. The maximum Gasteiger partial charge on any atom is 0.232 e. The van der Waals surface area contributed by atoms with E-state index in [9.17, 15) is 4.79 Å². The van der Waals surface area contributed by atoms with Gasteiger partial charge < -0.3 is 10.6 Å². The summed E-state index contributed by atoms with van der Waals surface area (Å²) < 4.78 is 0. The van der Waals surface area contributed by atoms with Gasteiger partial charge in [-0.1, -0.05) is 25.1 Å². The maximum absolute atomic E-state index is 12.1.